The second kappa shape index (κ2) is 8.02. The van der Waals surface area contributed by atoms with E-state index in [1.54, 1.807) is 12.1 Å². The molecule has 0 saturated heterocycles. The third-order valence-electron chi connectivity index (χ3n) is 3.18. The first-order valence-electron chi connectivity index (χ1n) is 7.54. The molecule has 1 amide bonds. The molecule has 0 bridgehead atoms. The van der Waals surface area contributed by atoms with Crippen LogP contribution in [0.3, 0.4) is 0 Å². The largest absolute Gasteiger partial charge is 0.491 e. The lowest BCUT2D eigenvalue weighted by molar-refractivity contribution is 0.0953. The molecule has 0 heterocycles. The molecule has 5 heteroatoms. The van der Waals surface area contributed by atoms with Gasteiger partial charge < -0.3 is 15.8 Å². The van der Waals surface area contributed by atoms with E-state index in [1.165, 1.54) is 0 Å². The van der Waals surface area contributed by atoms with Crippen LogP contribution < -0.4 is 15.8 Å². The van der Waals surface area contributed by atoms with Crippen LogP contribution in [-0.2, 0) is 6.42 Å². The Morgan fingerprint density at radius 3 is 2.57 bits per heavy atom. The number of hydrogen-bond acceptors (Lipinski definition) is 3. The van der Waals surface area contributed by atoms with E-state index in [1.807, 2.05) is 44.2 Å². The topological polar surface area (TPSA) is 64.3 Å². The van der Waals surface area contributed by atoms with Gasteiger partial charge in [0.25, 0.3) is 5.91 Å². The monoisotopic (exact) mass is 376 g/mol. The summed E-state index contributed by atoms with van der Waals surface area (Å²) in [6.07, 6.45) is 0.820. The molecular formula is C18H21BrN2O2. The zero-order chi connectivity index (χ0) is 16.8. The average Bonchev–Trinajstić information content (AvgIpc) is 2.48. The van der Waals surface area contributed by atoms with E-state index < -0.39 is 0 Å². The first-order valence-corrected chi connectivity index (χ1v) is 8.33. The molecule has 0 aliphatic rings. The molecule has 0 fully saturated rings. The maximum absolute atomic E-state index is 12.3. The van der Waals surface area contributed by atoms with Crippen molar-refractivity contribution in [1.29, 1.82) is 0 Å². The zero-order valence-electron chi connectivity index (χ0n) is 13.3. The first kappa shape index (κ1) is 17.3. The number of amides is 1. The Bertz CT molecular complexity index is 669. The van der Waals surface area contributed by atoms with Crippen molar-refractivity contribution in [2.24, 2.45) is 0 Å². The number of ether oxygens (including phenoxy) is 1. The lowest BCUT2D eigenvalue weighted by atomic mass is 10.1. The molecule has 23 heavy (non-hydrogen) atoms. The van der Waals surface area contributed by atoms with E-state index >= 15 is 0 Å². The standard InChI is InChI=1S/C18H21BrN2O2/c1-12(2)23-17-10-14(9-15(19)11-17)18(22)21-8-7-13-3-5-16(20)6-4-13/h3-6,9-12H,7-8,20H2,1-2H3,(H,21,22). The fraction of sp³-hybridized carbons (Fsp3) is 0.278. The molecule has 0 saturated carbocycles. The molecular weight excluding hydrogens is 356 g/mol. The van der Waals surface area contributed by atoms with Gasteiger partial charge in [-0.15, -0.1) is 0 Å². The first-order chi connectivity index (χ1) is 10.9. The third-order valence-corrected chi connectivity index (χ3v) is 3.64. The van der Waals surface area contributed by atoms with Crippen molar-refractivity contribution in [2.45, 2.75) is 26.4 Å². The Morgan fingerprint density at radius 2 is 1.91 bits per heavy atom. The van der Waals surface area contributed by atoms with Crippen molar-refractivity contribution in [3.05, 3.63) is 58.1 Å². The van der Waals surface area contributed by atoms with Gasteiger partial charge in [0, 0.05) is 22.3 Å². The minimum Gasteiger partial charge on any atom is -0.491 e. The summed E-state index contributed by atoms with van der Waals surface area (Å²) in [4.78, 5) is 12.3. The van der Waals surface area contributed by atoms with Crippen molar-refractivity contribution in [1.82, 2.24) is 5.32 Å². The average molecular weight is 377 g/mol. The van der Waals surface area contributed by atoms with Crippen molar-refractivity contribution in [3.63, 3.8) is 0 Å². The fourth-order valence-electron chi connectivity index (χ4n) is 2.14. The number of nitrogens with one attached hydrogen (secondary N) is 1. The fourth-order valence-corrected chi connectivity index (χ4v) is 2.61. The molecule has 2 rings (SSSR count). The number of halogens is 1. The maximum atomic E-state index is 12.3. The molecule has 2 aromatic carbocycles. The molecule has 122 valence electrons. The van der Waals surface area contributed by atoms with Gasteiger partial charge in [-0.2, -0.15) is 0 Å². The number of carbonyl (C=O) groups is 1. The van der Waals surface area contributed by atoms with Gasteiger partial charge in [-0.1, -0.05) is 28.1 Å². The van der Waals surface area contributed by atoms with E-state index in [0.717, 1.165) is 22.1 Å². The summed E-state index contributed by atoms with van der Waals surface area (Å²) in [5.74, 6) is 0.563. The molecule has 4 nitrogen and oxygen atoms in total. The highest BCUT2D eigenvalue weighted by Gasteiger charge is 2.09. The molecule has 0 atom stereocenters. The summed E-state index contributed by atoms with van der Waals surface area (Å²) >= 11 is 3.41. The summed E-state index contributed by atoms with van der Waals surface area (Å²) in [6.45, 7) is 4.47. The lowest BCUT2D eigenvalue weighted by Crippen LogP contribution is -2.25. The Labute approximate surface area is 145 Å². The van der Waals surface area contributed by atoms with Gasteiger partial charge in [0.05, 0.1) is 6.10 Å². The second-order valence-electron chi connectivity index (χ2n) is 5.59. The van der Waals surface area contributed by atoms with Gasteiger partial charge in [0.15, 0.2) is 0 Å². The highest BCUT2D eigenvalue weighted by molar-refractivity contribution is 9.10. The van der Waals surface area contributed by atoms with E-state index in [4.69, 9.17) is 10.5 Å². The van der Waals surface area contributed by atoms with Gasteiger partial charge in [0.2, 0.25) is 0 Å². The summed E-state index contributed by atoms with van der Waals surface area (Å²) in [5.41, 5.74) is 8.11. The third kappa shape index (κ3) is 5.60. The SMILES string of the molecule is CC(C)Oc1cc(Br)cc(C(=O)NCCc2ccc(N)cc2)c1. The highest BCUT2D eigenvalue weighted by atomic mass is 79.9. The predicted molar refractivity (Wildman–Crippen MR) is 96.8 cm³/mol. The van der Waals surface area contributed by atoms with Gasteiger partial charge >= 0.3 is 0 Å². The van der Waals surface area contributed by atoms with E-state index in [2.05, 4.69) is 21.2 Å². The van der Waals surface area contributed by atoms with Crippen LogP contribution in [0.2, 0.25) is 0 Å². The Hall–Kier alpha value is -2.01. The normalized spacial score (nSPS) is 10.6. The number of benzene rings is 2. The highest BCUT2D eigenvalue weighted by Crippen LogP contribution is 2.22. The lowest BCUT2D eigenvalue weighted by Gasteiger charge is -2.12. The quantitative estimate of drug-likeness (QED) is 0.753. The molecule has 0 aromatic heterocycles. The van der Waals surface area contributed by atoms with Crippen LogP contribution in [0.25, 0.3) is 0 Å². The van der Waals surface area contributed by atoms with Crippen molar-refractivity contribution in [2.75, 3.05) is 12.3 Å². The van der Waals surface area contributed by atoms with Crippen LogP contribution in [0.15, 0.2) is 46.9 Å². The van der Waals surface area contributed by atoms with Crippen LogP contribution in [-0.4, -0.2) is 18.6 Å². The van der Waals surface area contributed by atoms with Crippen LogP contribution >= 0.6 is 15.9 Å². The Balaban J connectivity index is 1.94. The molecule has 3 N–H and O–H groups in total. The number of carbonyl (C=O) groups excluding carboxylic acids is 1. The number of nitrogens with two attached hydrogens (primary N) is 1. The maximum Gasteiger partial charge on any atom is 0.251 e. The molecule has 0 radical (unpaired) electrons. The van der Waals surface area contributed by atoms with Crippen LogP contribution in [0.5, 0.6) is 5.75 Å². The minimum atomic E-state index is -0.115. The van der Waals surface area contributed by atoms with Crippen molar-refractivity contribution in [3.8, 4) is 5.75 Å². The van der Waals surface area contributed by atoms with Gasteiger partial charge in [0.1, 0.15) is 5.75 Å². The van der Waals surface area contributed by atoms with Crippen LogP contribution in [0.4, 0.5) is 5.69 Å². The predicted octanol–water partition coefficient (Wildman–Crippen LogP) is 3.79. The number of hydrogen-bond donors (Lipinski definition) is 2. The van der Waals surface area contributed by atoms with Crippen LogP contribution in [0, 0.1) is 0 Å². The van der Waals surface area contributed by atoms with E-state index in [9.17, 15) is 4.79 Å². The van der Waals surface area contributed by atoms with Crippen molar-refractivity contribution >= 4 is 27.5 Å². The van der Waals surface area contributed by atoms with Gasteiger partial charge in [-0.05, 0) is 56.2 Å². The Morgan fingerprint density at radius 1 is 1.22 bits per heavy atom. The summed E-state index contributed by atoms with van der Waals surface area (Å²) < 4.78 is 6.47. The minimum absolute atomic E-state index is 0.0609. The van der Waals surface area contributed by atoms with Crippen molar-refractivity contribution < 1.29 is 9.53 Å². The zero-order valence-corrected chi connectivity index (χ0v) is 14.9. The molecule has 0 aliphatic heterocycles. The van der Waals surface area contributed by atoms with E-state index in [0.29, 0.717) is 17.9 Å². The molecule has 2 aromatic rings. The van der Waals surface area contributed by atoms with Gasteiger partial charge in [-0.3, -0.25) is 4.79 Å². The summed E-state index contributed by atoms with van der Waals surface area (Å²) in [6, 6.07) is 13.0. The second-order valence-corrected chi connectivity index (χ2v) is 6.51. The number of nitrogen functional groups attached to an aromatic ring is 1. The molecule has 0 aliphatic carbocycles. The summed E-state index contributed by atoms with van der Waals surface area (Å²) in [5, 5.41) is 2.92. The van der Waals surface area contributed by atoms with Gasteiger partial charge in [-0.25, -0.2) is 0 Å². The number of anilines is 1. The number of rotatable bonds is 6. The molecule has 0 spiro atoms. The van der Waals surface area contributed by atoms with E-state index in [-0.39, 0.29) is 12.0 Å². The Kier molecular flexibility index (Phi) is 6.04. The summed E-state index contributed by atoms with van der Waals surface area (Å²) in [7, 11) is 0. The molecule has 0 unspecified atom stereocenters. The smallest absolute Gasteiger partial charge is 0.251 e. The van der Waals surface area contributed by atoms with Crippen LogP contribution in [0.1, 0.15) is 29.8 Å².